The molecule has 1 aliphatic rings. The number of phenols is 1. The first kappa shape index (κ1) is 16.4. The molecule has 1 aliphatic carbocycles. The summed E-state index contributed by atoms with van der Waals surface area (Å²) in [7, 11) is 1.59. The number of hydrogen-bond acceptors (Lipinski definition) is 5. The molecule has 2 aromatic heterocycles. The summed E-state index contributed by atoms with van der Waals surface area (Å²) >= 11 is 0. The highest BCUT2D eigenvalue weighted by molar-refractivity contribution is 5.64. The van der Waals surface area contributed by atoms with Crippen molar-refractivity contribution < 1.29 is 14.6 Å². The lowest BCUT2D eigenvalue weighted by molar-refractivity contribution is 0.200. The van der Waals surface area contributed by atoms with Gasteiger partial charge in [0, 0.05) is 17.7 Å². The third-order valence-electron chi connectivity index (χ3n) is 4.61. The smallest absolute Gasteiger partial charge is 0.234 e. The van der Waals surface area contributed by atoms with Crippen LogP contribution in [-0.4, -0.2) is 33.1 Å². The quantitative estimate of drug-likeness (QED) is 0.753. The Morgan fingerprint density at radius 1 is 1.04 bits per heavy atom. The van der Waals surface area contributed by atoms with Crippen LogP contribution < -0.4 is 9.47 Å². The number of pyridine rings is 1. The topological polar surface area (TPSA) is 69.4 Å². The van der Waals surface area contributed by atoms with Gasteiger partial charge in [-0.1, -0.05) is 0 Å². The van der Waals surface area contributed by atoms with Crippen molar-refractivity contribution in [3.8, 4) is 34.5 Å². The van der Waals surface area contributed by atoms with Crippen LogP contribution in [0.2, 0.25) is 0 Å². The van der Waals surface area contributed by atoms with Crippen LogP contribution in [0.25, 0.3) is 16.9 Å². The van der Waals surface area contributed by atoms with Crippen LogP contribution in [0.15, 0.2) is 48.7 Å². The summed E-state index contributed by atoms with van der Waals surface area (Å²) < 4.78 is 13.0. The standard InChI is InChI=1S/C20H21N3O3/c1-25-19-11-8-15(13-21-19)23-18(14-6-9-16(24)10-7-14)12-20(22-23)26-17-4-2-3-5-17/h6-13,17,24H,2-5H2,1H3. The molecule has 0 atom stereocenters. The predicted octanol–water partition coefficient (Wildman–Crippen LogP) is 3.97. The fourth-order valence-corrected chi connectivity index (χ4v) is 3.25. The molecule has 134 valence electrons. The third kappa shape index (κ3) is 3.35. The van der Waals surface area contributed by atoms with Gasteiger partial charge in [0.15, 0.2) is 0 Å². The Morgan fingerprint density at radius 3 is 2.46 bits per heavy atom. The largest absolute Gasteiger partial charge is 0.508 e. The summed E-state index contributed by atoms with van der Waals surface area (Å²) in [6.07, 6.45) is 6.52. The molecule has 0 aliphatic heterocycles. The van der Waals surface area contributed by atoms with E-state index in [0.29, 0.717) is 11.8 Å². The van der Waals surface area contributed by atoms with Gasteiger partial charge in [0.1, 0.15) is 11.9 Å². The lowest BCUT2D eigenvalue weighted by Gasteiger charge is -2.09. The van der Waals surface area contributed by atoms with E-state index in [0.717, 1.165) is 29.8 Å². The van der Waals surface area contributed by atoms with Gasteiger partial charge < -0.3 is 14.6 Å². The van der Waals surface area contributed by atoms with E-state index in [1.165, 1.54) is 12.8 Å². The highest BCUT2D eigenvalue weighted by Gasteiger charge is 2.20. The van der Waals surface area contributed by atoms with Crippen LogP contribution in [-0.2, 0) is 0 Å². The van der Waals surface area contributed by atoms with Crippen LogP contribution in [0, 0.1) is 0 Å². The molecular weight excluding hydrogens is 330 g/mol. The number of aromatic hydroxyl groups is 1. The second-order valence-corrected chi connectivity index (χ2v) is 6.41. The zero-order valence-electron chi connectivity index (χ0n) is 14.6. The highest BCUT2D eigenvalue weighted by Crippen LogP contribution is 2.30. The summed E-state index contributed by atoms with van der Waals surface area (Å²) in [4.78, 5) is 4.27. The number of aromatic nitrogens is 3. The van der Waals surface area contributed by atoms with Crippen molar-refractivity contribution in [2.24, 2.45) is 0 Å². The van der Waals surface area contributed by atoms with Gasteiger partial charge in [0.2, 0.25) is 11.8 Å². The van der Waals surface area contributed by atoms with Gasteiger partial charge in [-0.05, 0) is 56.0 Å². The van der Waals surface area contributed by atoms with Gasteiger partial charge in [-0.15, -0.1) is 5.10 Å². The molecule has 0 amide bonds. The maximum atomic E-state index is 9.57. The Hall–Kier alpha value is -3.02. The maximum absolute atomic E-state index is 9.57. The minimum absolute atomic E-state index is 0.230. The minimum atomic E-state index is 0.230. The van der Waals surface area contributed by atoms with Crippen molar-refractivity contribution >= 4 is 0 Å². The number of benzene rings is 1. The summed E-state index contributed by atoms with van der Waals surface area (Å²) in [6, 6.07) is 12.7. The van der Waals surface area contributed by atoms with Crippen molar-refractivity contribution in [1.82, 2.24) is 14.8 Å². The highest BCUT2D eigenvalue weighted by atomic mass is 16.5. The SMILES string of the molecule is COc1ccc(-n2nc(OC3CCCC3)cc2-c2ccc(O)cc2)cn1. The molecule has 3 aromatic rings. The fraction of sp³-hybridized carbons (Fsp3) is 0.300. The van der Waals surface area contributed by atoms with Crippen molar-refractivity contribution in [2.45, 2.75) is 31.8 Å². The van der Waals surface area contributed by atoms with Gasteiger partial charge >= 0.3 is 0 Å². The Labute approximate surface area is 152 Å². The van der Waals surface area contributed by atoms with E-state index >= 15 is 0 Å². The van der Waals surface area contributed by atoms with E-state index in [9.17, 15) is 5.11 Å². The summed E-state index contributed by atoms with van der Waals surface area (Å²) in [6.45, 7) is 0. The normalized spacial score (nSPS) is 14.5. The second-order valence-electron chi connectivity index (χ2n) is 6.41. The Morgan fingerprint density at radius 2 is 1.81 bits per heavy atom. The molecule has 0 unspecified atom stereocenters. The summed E-state index contributed by atoms with van der Waals surface area (Å²) in [5, 5.41) is 14.2. The Kier molecular flexibility index (Phi) is 4.48. The molecule has 0 bridgehead atoms. The zero-order valence-corrected chi connectivity index (χ0v) is 14.6. The Balaban J connectivity index is 1.73. The average Bonchev–Trinajstić information content (AvgIpc) is 3.33. The first-order chi connectivity index (χ1) is 12.7. The first-order valence-corrected chi connectivity index (χ1v) is 8.79. The monoisotopic (exact) mass is 351 g/mol. The molecule has 1 aromatic carbocycles. The molecule has 2 heterocycles. The maximum Gasteiger partial charge on any atom is 0.234 e. The molecular formula is C20H21N3O3. The number of hydrogen-bond donors (Lipinski definition) is 1. The number of ether oxygens (including phenoxy) is 2. The van der Waals surface area contributed by atoms with Gasteiger partial charge in [-0.2, -0.15) is 0 Å². The Bertz CT molecular complexity index is 866. The van der Waals surface area contributed by atoms with Crippen LogP contribution in [0.5, 0.6) is 17.5 Å². The average molecular weight is 351 g/mol. The number of nitrogens with zero attached hydrogens (tertiary/aromatic N) is 3. The molecule has 0 spiro atoms. The van der Waals surface area contributed by atoms with Gasteiger partial charge in [0.25, 0.3) is 0 Å². The number of phenolic OH excluding ortho intramolecular Hbond substituents is 1. The van der Waals surface area contributed by atoms with Gasteiger partial charge in [-0.3, -0.25) is 0 Å². The van der Waals surface area contributed by atoms with Crippen LogP contribution in [0.4, 0.5) is 0 Å². The number of rotatable bonds is 5. The van der Waals surface area contributed by atoms with E-state index in [1.54, 1.807) is 31.5 Å². The van der Waals surface area contributed by atoms with Crippen molar-refractivity contribution in [3.05, 3.63) is 48.7 Å². The van der Waals surface area contributed by atoms with Crippen molar-refractivity contribution in [1.29, 1.82) is 0 Å². The molecule has 1 N–H and O–H groups in total. The zero-order chi connectivity index (χ0) is 17.9. The van der Waals surface area contributed by atoms with E-state index in [4.69, 9.17) is 9.47 Å². The van der Waals surface area contributed by atoms with E-state index in [-0.39, 0.29) is 11.9 Å². The van der Waals surface area contributed by atoms with Crippen molar-refractivity contribution in [3.63, 3.8) is 0 Å². The molecule has 1 saturated carbocycles. The molecule has 6 nitrogen and oxygen atoms in total. The van der Waals surface area contributed by atoms with Crippen LogP contribution in [0.3, 0.4) is 0 Å². The molecule has 26 heavy (non-hydrogen) atoms. The summed E-state index contributed by atoms with van der Waals surface area (Å²) in [5.74, 6) is 1.39. The summed E-state index contributed by atoms with van der Waals surface area (Å²) in [5.41, 5.74) is 2.63. The molecule has 1 fully saturated rings. The fourth-order valence-electron chi connectivity index (χ4n) is 3.25. The lowest BCUT2D eigenvalue weighted by atomic mass is 10.1. The van der Waals surface area contributed by atoms with Crippen LogP contribution >= 0.6 is 0 Å². The van der Waals surface area contributed by atoms with E-state index < -0.39 is 0 Å². The second kappa shape index (κ2) is 7.07. The van der Waals surface area contributed by atoms with E-state index in [2.05, 4.69) is 10.1 Å². The van der Waals surface area contributed by atoms with E-state index in [1.807, 2.05) is 28.9 Å². The third-order valence-corrected chi connectivity index (χ3v) is 4.61. The predicted molar refractivity (Wildman–Crippen MR) is 97.9 cm³/mol. The number of methoxy groups -OCH3 is 1. The molecule has 6 heteroatoms. The van der Waals surface area contributed by atoms with Crippen LogP contribution in [0.1, 0.15) is 25.7 Å². The van der Waals surface area contributed by atoms with Crippen molar-refractivity contribution in [2.75, 3.05) is 7.11 Å². The molecule has 4 rings (SSSR count). The lowest BCUT2D eigenvalue weighted by Crippen LogP contribution is -2.11. The molecule has 0 radical (unpaired) electrons. The molecule has 0 saturated heterocycles. The van der Waals surface area contributed by atoms with Gasteiger partial charge in [0.05, 0.1) is 24.7 Å². The van der Waals surface area contributed by atoms with Gasteiger partial charge in [-0.25, -0.2) is 9.67 Å². The first-order valence-electron chi connectivity index (χ1n) is 8.79. The minimum Gasteiger partial charge on any atom is -0.508 e.